The third-order valence-corrected chi connectivity index (χ3v) is 4.77. The molecule has 7 heteroatoms. The molecule has 2 aromatic carbocycles. The quantitative estimate of drug-likeness (QED) is 0.416. The van der Waals surface area contributed by atoms with Crippen LogP contribution in [-0.4, -0.2) is 17.8 Å². The van der Waals surface area contributed by atoms with Gasteiger partial charge in [0.1, 0.15) is 5.75 Å². The van der Waals surface area contributed by atoms with Gasteiger partial charge in [0.25, 0.3) is 0 Å². The minimum atomic E-state index is 0.509. The third-order valence-electron chi connectivity index (χ3n) is 3.28. The molecule has 128 valence electrons. The van der Waals surface area contributed by atoms with Gasteiger partial charge in [-0.25, -0.2) is 4.98 Å². The number of nitrogens with one attached hydrogen (secondary N) is 1. The van der Waals surface area contributed by atoms with Crippen LogP contribution >= 0.6 is 34.5 Å². The number of aromatic nitrogens is 1. The van der Waals surface area contributed by atoms with Gasteiger partial charge in [0.15, 0.2) is 0 Å². The molecule has 1 N–H and O–H groups in total. The topological polar surface area (TPSA) is 46.5 Å². The van der Waals surface area contributed by atoms with Crippen molar-refractivity contribution in [1.82, 2.24) is 4.98 Å². The molecule has 0 aliphatic carbocycles. The Morgan fingerprint density at radius 2 is 1.96 bits per heavy atom. The first-order valence-corrected chi connectivity index (χ1v) is 9.22. The highest BCUT2D eigenvalue weighted by Gasteiger charge is 2.06. The van der Waals surface area contributed by atoms with E-state index in [4.69, 9.17) is 27.9 Å². The second-order valence-electron chi connectivity index (χ2n) is 5.04. The van der Waals surface area contributed by atoms with Crippen LogP contribution < -0.4 is 10.2 Å². The first-order chi connectivity index (χ1) is 12.2. The van der Waals surface area contributed by atoms with Gasteiger partial charge in [-0.15, -0.1) is 11.3 Å². The number of anilines is 1. The third kappa shape index (κ3) is 4.72. The predicted molar refractivity (Wildman–Crippen MR) is 106 cm³/mol. The largest absolute Gasteiger partial charge is 0.494 e. The number of hydrogen-bond acceptors (Lipinski definition) is 5. The minimum Gasteiger partial charge on any atom is -0.494 e. The molecule has 0 unspecified atom stereocenters. The van der Waals surface area contributed by atoms with Crippen molar-refractivity contribution in [3.8, 4) is 17.0 Å². The van der Waals surface area contributed by atoms with Gasteiger partial charge >= 0.3 is 0 Å². The molecule has 1 aromatic heterocycles. The van der Waals surface area contributed by atoms with Gasteiger partial charge in [0, 0.05) is 10.9 Å². The van der Waals surface area contributed by atoms with E-state index < -0.39 is 0 Å². The summed E-state index contributed by atoms with van der Waals surface area (Å²) in [5.41, 5.74) is 5.64. The fourth-order valence-corrected chi connectivity index (χ4v) is 3.06. The number of ether oxygens (including phenoxy) is 1. The van der Waals surface area contributed by atoms with Crippen LogP contribution in [0, 0.1) is 0 Å². The van der Waals surface area contributed by atoms with Gasteiger partial charge in [0.05, 0.1) is 28.6 Å². The number of hydrogen-bond donors (Lipinski definition) is 1. The highest BCUT2D eigenvalue weighted by Crippen LogP contribution is 2.30. The average Bonchev–Trinajstić information content (AvgIpc) is 3.08. The number of nitrogens with zero attached hydrogens (tertiary/aromatic N) is 2. The molecule has 0 aliphatic heterocycles. The zero-order valence-corrected chi connectivity index (χ0v) is 15.7. The van der Waals surface area contributed by atoms with E-state index >= 15 is 0 Å². The summed E-state index contributed by atoms with van der Waals surface area (Å²) in [4.78, 5) is 4.49. The van der Waals surface area contributed by atoms with Crippen molar-refractivity contribution in [2.45, 2.75) is 6.92 Å². The van der Waals surface area contributed by atoms with Crippen LogP contribution in [-0.2, 0) is 0 Å². The molecule has 25 heavy (non-hydrogen) atoms. The molecular weight excluding hydrogens is 377 g/mol. The molecule has 0 amide bonds. The summed E-state index contributed by atoms with van der Waals surface area (Å²) in [5, 5.41) is 7.88. The molecule has 3 aromatic rings. The van der Waals surface area contributed by atoms with Crippen molar-refractivity contribution < 1.29 is 4.74 Å². The van der Waals surface area contributed by atoms with Gasteiger partial charge in [-0.2, -0.15) is 5.10 Å². The van der Waals surface area contributed by atoms with Crippen molar-refractivity contribution in [1.29, 1.82) is 0 Å². The van der Waals surface area contributed by atoms with E-state index in [1.807, 2.05) is 42.6 Å². The molecule has 0 fully saturated rings. The SMILES string of the molecule is CCOc1ccc(C=NNc2nc(-c3ccc(Cl)c(Cl)c3)cs2)cc1. The molecule has 0 saturated heterocycles. The highest BCUT2D eigenvalue weighted by molar-refractivity contribution is 7.14. The Morgan fingerprint density at radius 3 is 2.68 bits per heavy atom. The van der Waals surface area contributed by atoms with E-state index in [9.17, 15) is 0 Å². The molecular formula is C18H15Cl2N3OS. The first kappa shape index (κ1) is 17.7. The van der Waals surface area contributed by atoms with Crippen LogP contribution in [0.1, 0.15) is 12.5 Å². The number of halogens is 2. The first-order valence-electron chi connectivity index (χ1n) is 7.58. The van der Waals surface area contributed by atoms with Gasteiger partial charge in [-0.1, -0.05) is 29.3 Å². The van der Waals surface area contributed by atoms with Crippen LogP contribution in [0.5, 0.6) is 5.75 Å². The molecule has 4 nitrogen and oxygen atoms in total. The summed E-state index contributed by atoms with van der Waals surface area (Å²) in [7, 11) is 0. The summed E-state index contributed by atoms with van der Waals surface area (Å²) < 4.78 is 5.41. The van der Waals surface area contributed by atoms with Gasteiger partial charge in [-0.05, 0) is 48.9 Å². The Kier molecular flexibility index (Phi) is 5.91. The van der Waals surface area contributed by atoms with Crippen molar-refractivity contribution in [3.05, 3.63) is 63.5 Å². The molecule has 0 radical (unpaired) electrons. The fourth-order valence-electron chi connectivity index (χ4n) is 2.09. The van der Waals surface area contributed by atoms with Crippen molar-refractivity contribution >= 4 is 45.9 Å². The van der Waals surface area contributed by atoms with E-state index in [0.717, 1.165) is 22.6 Å². The lowest BCUT2D eigenvalue weighted by atomic mass is 10.2. The van der Waals surface area contributed by atoms with Gasteiger partial charge in [0.2, 0.25) is 5.13 Å². The van der Waals surface area contributed by atoms with Crippen LogP contribution in [0.25, 0.3) is 11.3 Å². The van der Waals surface area contributed by atoms with Gasteiger partial charge in [-0.3, -0.25) is 5.43 Å². The lowest BCUT2D eigenvalue weighted by Gasteiger charge is -2.02. The maximum absolute atomic E-state index is 6.05. The lowest BCUT2D eigenvalue weighted by molar-refractivity contribution is 0.340. The van der Waals surface area contributed by atoms with E-state index in [1.165, 1.54) is 11.3 Å². The Balaban J connectivity index is 1.64. The Hall–Kier alpha value is -2.08. The molecule has 0 bridgehead atoms. The summed E-state index contributed by atoms with van der Waals surface area (Å²) in [6.07, 6.45) is 1.73. The van der Waals surface area contributed by atoms with Crippen LogP contribution in [0.3, 0.4) is 0 Å². The van der Waals surface area contributed by atoms with Crippen LogP contribution in [0.15, 0.2) is 52.9 Å². The van der Waals surface area contributed by atoms with E-state index in [0.29, 0.717) is 21.8 Å². The fraction of sp³-hybridized carbons (Fsp3) is 0.111. The lowest BCUT2D eigenvalue weighted by Crippen LogP contribution is -1.92. The zero-order valence-electron chi connectivity index (χ0n) is 13.4. The minimum absolute atomic E-state index is 0.509. The standard InChI is InChI=1S/C18H15Cl2N3OS/c1-2-24-14-6-3-12(4-7-14)10-21-23-18-22-17(11-25-18)13-5-8-15(19)16(20)9-13/h3-11H,2H2,1H3,(H,22,23). The van der Waals surface area contributed by atoms with E-state index in [-0.39, 0.29) is 0 Å². The van der Waals surface area contributed by atoms with Crippen LogP contribution in [0.4, 0.5) is 5.13 Å². The second-order valence-corrected chi connectivity index (χ2v) is 6.71. The predicted octanol–water partition coefficient (Wildman–Crippen LogP) is 5.96. The number of hydrazone groups is 1. The Morgan fingerprint density at radius 1 is 1.16 bits per heavy atom. The highest BCUT2D eigenvalue weighted by atomic mass is 35.5. The smallest absolute Gasteiger partial charge is 0.203 e. The van der Waals surface area contributed by atoms with E-state index in [1.54, 1.807) is 18.3 Å². The molecule has 0 atom stereocenters. The van der Waals surface area contributed by atoms with E-state index in [2.05, 4.69) is 15.5 Å². The van der Waals surface area contributed by atoms with Gasteiger partial charge < -0.3 is 4.74 Å². The summed E-state index contributed by atoms with van der Waals surface area (Å²) in [5.74, 6) is 0.846. The van der Waals surface area contributed by atoms with Crippen molar-refractivity contribution in [2.75, 3.05) is 12.0 Å². The van der Waals surface area contributed by atoms with Crippen molar-refractivity contribution in [3.63, 3.8) is 0 Å². The molecule has 0 aliphatic rings. The number of benzene rings is 2. The summed E-state index contributed by atoms with van der Waals surface area (Å²) in [6.45, 7) is 2.61. The molecule has 1 heterocycles. The normalized spacial score (nSPS) is 11.0. The van der Waals surface area contributed by atoms with Crippen LogP contribution in [0.2, 0.25) is 10.0 Å². The molecule has 0 saturated carbocycles. The maximum Gasteiger partial charge on any atom is 0.203 e. The molecule has 0 spiro atoms. The second kappa shape index (κ2) is 8.34. The zero-order chi connectivity index (χ0) is 17.6. The average molecular weight is 392 g/mol. The number of rotatable bonds is 6. The summed E-state index contributed by atoms with van der Waals surface area (Å²) in [6, 6.07) is 13.2. The number of thiazole rings is 1. The Bertz CT molecular complexity index is 878. The Labute approximate surface area is 160 Å². The maximum atomic E-state index is 6.05. The molecule has 3 rings (SSSR count). The monoisotopic (exact) mass is 391 g/mol. The van der Waals surface area contributed by atoms with Crippen molar-refractivity contribution in [2.24, 2.45) is 5.10 Å². The summed E-state index contributed by atoms with van der Waals surface area (Å²) >= 11 is 13.5.